The number of ether oxygens (including phenoxy) is 8. The number of rotatable bonds is 9. The Kier molecular flexibility index (Phi) is 10.1. The van der Waals surface area contributed by atoms with Crippen LogP contribution in [0.5, 0.6) is 17.2 Å². The van der Waals surface area contributed by atoms with Crippen molar-refractivity contribution in [1.29, 1.82) is 0 Å². The molecule has 50 heavy (non-hydrogen) atoms. The average Bonchev–Trinajstić information content (AvgIpc) is 3.39. The highest BCUT2D eigenvalue weighted by molar-refractivity contribution is 6.14. The van der Waals surface area contributed by atoms with Crippen molar-refractivity contribution in [2.45, 2.75) is 72.2 Å². The standard InChI is InChI=1S/C33H30O17/c1-13(34)41-12-24-29(44-16(4)37)30(45-17(5)38)31(46-18(6)39)33(49-24)47-19-7-8-20-23(11-19)48-26-21-9-10-22(42-14(2)35)28(43-15(3)36)27(21)50-32(40)25(20)26/h7-11,24,29-31,33H,12H2,1-6H3. The predicted octanol–water partition coefficient (Wildman–Crippen LogP) is 3.00. The van der Waals surface area contributed by atoms with E-state index < -0.39 is 78.8 Å². The topological polar surface area (TPSA) is 220 Å². The molecule has 5 unspecified atom stereocenters. The first-order valence-corrected chi connectivity index (χ1v) is 14.9. The molecule has 0 amide bonds. The minimum atomic E-state index is -1.53. The number of hydrogen-bond acceptors (Lipinski definition) is 17. The molecular weight excluding hydrogens is 668 g/mol. The Labute approximate surface area is 281 Å². The van der Waals surface area contributed by atoms with E-state index >= 15 is 0 Å². The third-order valence-electron chi connectivity index (χ3n) is 7.08. The van der Waals surface area contributed by atoms with Crippen molar-refractivity contribution in [3.05, 3.63) is 40.8 Å². The van der Waals surface area contributed by atoms with E-state index in [9.17, 15) is 33.6 Å². The molecule has 17 nitrogen and oxygen atoms in total. The third kappa shape index (κ3) is 7.52. The second-order valence-corrected chi connectivity index (χ2v) is 11.0. The van der Waals surface area contributed by atoms with Crippen LogP contribution in [0, 0.1) is 0 Å². The van der Waals surface area contributed by atoms with Crippen molar-refractivity contribution in [3.8, 4) is 17.2 Å². The van der Waals surface area contributed by atoms with E-state index in [1.807, 2.05) is 0 Å². The van der Waals surface area contributed by atoms with Crippen LogP contribution >= 0.6 is 0 Å². The van der Waals surface area contributed by atoms with Gasteiger partial charge in [-0.1, -0.05) is 0 Å². The molecule has 5 rings (SSSR count). The van der Waals surface area contributed by atoms with Gasteiger partial charge in [0.25, 0.3) is 0 Å². The lowest BCUT2D eigenvalue weighted by molar-refractivity contribution is -0.288. The van der Waals surface area contributed by atoms with Gasteiger partial charge >= 0.3 is 41.4 Å². The van der Waals surface area contributed by atoms with Crippen molar-refractivity contribution in [1.82, 2.24) is 0 Å². The summed E-state index contributed by atoms with van der Waals surface area (Å²) >= 11 is 0. The average molecular weight is 699 g/mol. The summed E-state index contributed by atoms with van der Waals surface area (Å²) < 4.78 is 55.4. The van der Waals surface area contributed by atoms with Crippen LogP contribution in [0.2, 0.25) is 0 Å². The molecule has 1 aliphatic heterocycles. The highest BCUT2D eigenvalue weighted by atomic mass is 16.7. The zero-order valence-electron chi connectivity index (χ0n) is 27.4. The minimum absolute atomic E-state index is 0.0281. The molecule has 0 radical (unpaired) electrons. The molecular formula is C33H30O17. The first kappa shape index (κ1) is 35.3. The first-order valence-electron chi connectivity index (χ1n) is 14.9. The van der Waals surface area contributed by atoms with Crippen molar-refractivity contribution in [3.63, 3.8) is 0 Å². The molecule has 264 valence electrons. The summed E-state index contributed by atoms with van der Waals surface area (Å²) in [5.74, 6) is -5.03. The van der Waals surface area contributed by atoms with Gasteiger partial charge in [-0.05, 0) is 24.3 Å². The molecule has 1 saturated heterocycles. The van der Waals surface area contributed by atoms with Crippen LogP contribution in [0.1, 0.15) is 41.5 Å². The summed E-state index contributed by atoms with van der Waals surface area (Å²) in [7, 11) is 0. The lowest BCUT2D eigenvalue weighted by Crippen LogP contribution is -2.63. The molecule has 2 aromatic heterocycles. The Bertz CT molecular complexity index is 2090. The minimum Gasteiger partial charge on any atom is -0.463 e. The fourth-order valence-electron chi connectivity index (χ4n) is 5.40. The van der Waals surface area contributed by atoms with Crippen LogP contribution in [0.3, 0.4) is 0 Å². The number of esters is 6. The third-order valence-corrected chi connectivity index (χ3v) is 7.08. The van der Waals surface area contributed by atoms with Gasteiger partial charge in [0.05, 0.1) is 5.39 Å². The van der Waals surface area contributed by atoms with Crippen LogP contribution < -0.4 is 19.8 Å². The smallest absolute Gasteiger partial charge is 0.348 e. The summed E-state index contributed by atoms with van der Waals surface area (Å²) in [5, 5.41) is 0.521. The molecule has 0 aliphatic carbocycles. The van der Waals surface area contributed by atoms with Gasteiger partial charge in [0.2, 0.25) is 18.1 Å². The molecule has 4 aromatic rings. The van der Waals surface area contributed by atoms with Crippen molar-refractivity contribution >= 4 is 68.7 Å². The SMILES string of the molecule is CC(=O)OCC1OC(Oc2ccc3c(c2)oc2c4ccc(OC(C)=O)c(OC(C)=O)c4oc(=O)c32)C(OC(C)=O)C(OC(C)=O)C1OC(C)=O. The second kappa shape index (κ2) is 14.3. The zero-order valence-corrected chi connectivity index (χ0v) is 27.4. The van der Waals surface area contributed by atoms with E-state index in [1.165, 1.54) is 30.3 Å². The monoisotopic (exact) mass is 698 g/mol. The van der Waals surface area contributed by atoms with Gasteiger partial charge in [0.15, 0.2) is 29.1 Å². The van der Waals surface area contributed by atoms with E-state index in [4.69, 9.17) is 46.7 Å². The van der Waals surface area contributed by atoms with Gasteiger partial charge in [-0.25, -0.2) is 4.79 Å². The maximum atomic E-state index is 13.3. The van der Waals surface area contributed by atoms with Crippen molar-refractivity contribution < 1.29 is 75.5 Å². The maximum Gasteiger partial charge on any atom is 0.348 e. The molecule has 0 bridgehead atoms. The lowest BCUT2D eigenvalue weighted by atomic mass is 9.98. The van der Waals surface area contributed by atoms with E-state index in [0.29, 0.717) is 5.39 Å². The van der Waals surface area contributed by atoms with Crippen LogP contribution in [-0.4, -0.2) is 73.1 Å². The number of hydrogen-bond donors (Lipinski definition) is 0. The van der Waals surface area contributed by atoms with Gasteiger partial charge in [-0.3, -0.25) is 28.8 Å². The molecule has 1 fully saturated rings. The van der Waals surface area contributed by atoms with Crippen LogP contribution in [-0.2, 0) is 52.5 Å². The molecule has 0 N–H and O–H groups in total. The molecule has 1 aliphatic rings. The van der Waals surface area contributed by atoms with Crippen LogP contribution in [0.15, 0.2) is 44.0 Å². The molecule has 5 atom stereocenters. The van der Waals surface area contributed by atoms with Gasteiger partial charge in [0, 0.05) is 53.0 Å². The number of carbonyl (C=O) groups is 6. The van der Waals surface area contributed by atoms with Crippen LogP contribution in [0.25, 0.3) is 32.9 Å². The Morgan fingerprint density at radius 3 is 1.90 bits per heavy atom. The highest BCUT2D eigenvalue weighted by Crippen LogP contribution is 2.41. The van der Waals surface area contributed by atoms with E-state index in [0.717, 1.165) is 41.5 Å². The van der Waals surface area contributed by atoms with Crippen molar-refractivity contribution in [2.24, 2.45) is 0 Å². The number of fused-ring (bicyclic) bond motifs is 5. The van der Waals surface area contributed by atoms with E-state index in [2.05, 4.69) is 0 Å². The number of benzene rings is 2. The molecule has 3 heterocycles. The van der Waals surface area contributed by atoms with Gasteiger partial charge in [-0.15, -0.1) is 0 Å². The first-order chi connectivity index (χ1) is 23.6. The fourth-order valence-corrected chi connectivity index (χ4v) is 5.40. The molecule has 17 heteroatoms. The largest absolute Gasteiger partial charge is 0.463 e. The highest BCUT2D eigenvalue weighted by Gasteiger charge is 2.53. The van der Waals surface area contributed by atoms with Gasteiger partial charge in [0.1, 0.15) is 29.4 Å². The Morgan fingerprint density at radius 2 is 1.28 bits per heavy atom. The Balaban J connectivity index is 1.59. The quantitative estimate of drug-likeness (QED) is 0.106. The summed E-state index contributed by atoms with van der Waals surface area (Å²) in [6, 6.07) is 7.08. The number of carbonyl (C=O) groups excluding carboxylic acids is 6. The van der Waals surface area contributed by atoms with Crippen LogP contribution in [0.4, 0.5) is 0 Å². The summed E-state index contributed by atoms with van der Waals surface area (Å²) in [6.45, 7) is 6.21. The number of furan rings is 1. The zero-order chi connectivity index (χ0) is 36.4. The summed E-state index contributed by atoms with van der Waals surface area (Å²) in [4.78, 5) is 84.8. The second-order valence-electron chi connectivity index (χ2n) is 11.0. The molecule has 0 saturated carbocycles. The normalized spacial score (nSPS) is 20.2. The van der Waals surface area contributed by atoms with Crippen molar-refractivity contribution in [2.75, 3.05) is 6.61 Å². The summed E-state index contributed by atoms with van der Waals surface area (Å²) in [5.41, 5.74) is -0.933. The van der Waals surface area contributed by atoms with E-state index in [-0.39, 0.29) is 44.8 Å². The molecule has 0 spiro atoms. The molecule has 2 aromatic carbocycles. The lowest BCUT2D eigenvalue weighted by Gasteiger charge is -2.43. The Morgan fingerprint density at radius 1 is 0.660 bits per heavy atom. The Hall–Kier alpha value is -5.97. The summed E-state index contributed by atoms with van der Waals surface area (Å²) in [6.07, 6.45) is -7.13. The van der Waals surface area contributed by atoms with E-state index in [1.54, 1.807) is 0 Å². The predicted molar refractivity (Wildman–Crippen MR) is 165 cm³/mol. The van der Waals surface area contributed by atoms with Gasteiger partial charge < -0.3 is 46.7 Å². The van der Waals surface area contributed by atoms with Gasteiger partial charge in [-0.2, -0.15) is 0 Å². The fraction of sp³-hybridized carbons (Fsp3) is 0.364. The maximum absolute atomic E-state index is 13.3.